The normalized spacial score (nSPS) is 17.3. The molecule has 0 spiro atoms. The Morgan fingerprint density at radius 1 is 1.11 bits per heavy atom. The summed E-state index contributed by atoms with van der Waals surface area (Å²) in [6.07, 6.45) is 1.68. The summed E-state index contributed by atoms with van der Waals surface area (Å²) in [5.74, 6) is -1.26. The molecule has 1 saturated heterocycles. The lowest BCUT2D eigenvalue weighted by atomic mass is 9.96. The van der Waals surface area contributed by atoms with E-state index in [-0.39, 0.29) is 23.2 Å². The van der Waals surface area contributed by atoms with Crippen LogP contribution < -0.4 is 4.90 Å². The maximum atomic E-state index is 14.3. The number of anilines is 1. The topological polar surface area (TPSA) is 42.2 Å². The van der Waals surface area contributed by atoms with Crippen LogP contribution in [0.1, 0.15) is 30.1 Å². The third-order valence-corrected chi connectivity index (χ3v) is 4.89. The average Bonchev–Trinajstić information content (AvgIpc) is 3.12. The highest BCUT2D eigenvalue weighted by Gasteiger charge is 2.28. The number of halogens is 3. The van der Waals surface area contributed by atoms with Crippen molar-refractivity contribution in [3.8, 4) is 11.5 Å². The highest BCUT2D eigenvalue weighted by Crippen LogP contribution is 2.33. The fraction of sp³-hybridized carbons (Fsp3) is 0.300. The molecule has 140 valence electrons. The molecule has 2 heterocycles. The van der Waals surface area contributed by atoms with E-state index in [1.807, 2.05) is 17.9 Å². The second-order valence-corrected chi connectivity index (χ2v) is 6.77. The molecule has 0 bridgehead atoms. The van der Waals surface area contributed by atoms with Crippen molar-refractivity contribution < 1.29 is 17.7 Å². The maximum Gasteiger partial charge on any atom is 0.260 e. The van der Waals surface area contributed by atoms with E-state index in [0.29, 0.717) is 18.1 Å². The molecule has 0 saturated carbocycles. The summed E-state index contributed by atoms with van der Waals surface area (Å²) in [5.41, 5.74) is 1.53. The fourth-order valence-corrected chi connectivity index (χ4v) is 3.59. The number of hydrogen-bond donors (Lipinski definition) is 0. The van der Waals surface area contributed by atoms with Crippen LogP contribution in [0.5, 0.6) is 0 Å². The third kappa shape index (κ3) is 3.41. The van der Waals surface area contributed by atoms with E-state index in [0.717, 1.165) is 37.1 Å². The monoisotopic (exact) mass is 373 g/mol. The van der Waals surface area contributed by atoms with Crippen LogP contribution in [0.3, 0.4) is 0 Å². The Morgan fingerprint density at radius 3 is 2.74 bits per heavy atom. The lowest BCUT2D eigenvalue weighted by Crippen LogP contribution is -2.35. The number of aromatic nitrogens is 2. The molecule has 2 aromatic carbocycles. The molecule has 4 rings (SSSR count). The Hall–Kier alpha value is -2.83. The summed E-state index contributed by atoms with van der Waals surface area (Å²) in [6, 6.07) is 8.23. The molecule has 1 fully saturated rings. The molecular weight excluding hydrogens is 355 g/mol. The van der Waals surface area contributed by atoms with Gasteiger partial charge in [0, 0.05) is 25.1 Å². The number of para-hydroxylation sites is 1. The van der Waals surface area contributed by atoms with Crippen LogP contribution in [0, 0.1) is 24.4 Å². The van der Waals surface area contributed by atoms with Crippen LogP contribution in [-0.2, 0) is 0 Å². The van der Waals surface area contributed by atoms with Crippen molar-refractivity contribution in [1.29, 1.82) is 0 Å². The van der Waals surface area contributed by atoms with Crippen LogP contribution in [-0.4, -0.2) is 23.2 Å². The molecule has 1 aliphatic rings. The standard InChI is InChI=1S/C20H18F3N3O/c1-12-4-2-6-16(22)18(12)26-9-3-5-13(11-26)19-24-20(27-25-19)15-8-7-14(21)10-17(15)23/h2,4,6-8,10,13H,3,5,9,11H2,1H3. The van der Waals surface area contributed by atoms with Gasteiger partial charge in [-0.25, -0.2) is 13.2 Å². The fourth-order valence-electron chi connectivity index (χ4n) is 3.59. The van der Waals surface area contributed by atoms with Gasteiger partial charge >= 0.3 is 0 Å². The van der Waals surface area contributed by atoms with Crippen molar-refractivity contribution in [2.45, 2.75) is 25.7 Å². The summed E-state index contributed by atoms with van der Waals surface area (Å²) in [4.78, 5) is 6.30. The first-order valence-corrected chi connectivity index (χ1v) is 8.82. The maximum absolute atomic E-state index is 14.3. The summed E-state index contributed by atoms with van der Waals surface area (Å²) < 4.78 is 46.5. The van der Waals surface area contributed by atoms with Gasteiger partial charge in [-0.05, 0) is 43.5 Å². The first-order valence-electron chi connectivity index (χ1n) is 8.82. The largest absolute Gasteiger partial charge is 0.368 e. The first kappa shape index (κ1) is 17.6. The van der Waals surface area contributed by atoms with Crippen molar-refractivity contribution in [2.24, 2.45) is 0 Å². The number of rotatable bonds is 3. The van der Waals surface area contributed by atoms with E-state index in [1.54, 1.807) is 6.07 Å². The molecule has 0 aliphatic carbocycles. The highest BCUT2D eigenvalue weighted by atomic mass is 19.1. The Bertz CT molecular complexity index is 953. The average molecular weight is 373 g/mol. The molecule has 0 radical (unpaired) electrons. The first-order chi connectivity index (χ1) is 13.0. The summed E-state index contributed by atoms with van der Waals surface area (Å²) in [5, 5.41) is 3.99. The SMILES string of the molecule is Cc1cccc(F)c1N1CCCC(c2noc(-c3ccc(F)cc3F)n2)C1. The number of nitrogens with zero attached hydrogens (tertiary/aromatic N) is 3. The highest BCUT2D eigenvalue weighted by molar-refractivity contribution is 5.55. The molecule has 3 aromatic rings. The van der Waals surface area contributed by atoms with Gasteiger partial charge in [-0.3, -0.25) is 0 Å². The van der Waals surface area contributed by atoms with Crippen LogP contribution in [0.4, 0.5) is 18.9 Å². The molecular formula is C20H18F3N3O. The van der Waals surface area contributed by atoms with E-state index < -0.39 is 11.6 Å². The zero-order valence-electron chi connectivity index (χ0n) is 14.8. The molecule has 0 amide bonds. The van der Waals surface area contributed by atoms with Crippen LogP contribution >= 0.6 is 0 Å². The lowest BCUT2D eigenvalue weighted by molar-refractivity contribution is 0.401. The van der Waals surface area contributed by atoms with E-state index >= 15 is 0 Å². The van der Waals surface area contributed by atoms with Gasteiger partial charge in [-0.15, -0.1) is 0 Å². The Morgan fingerprint density at radius 2 is 1.96 bits per heavy atom. The molecule has 27 heavy (non-hydrogen) atoms. The molecule has 7 heteroatoms. The van der Waals surface area contributed by atoms with E-state index in [9.17, 15) is 13.2 Å². The second-order valence-electron chi connectivity index (χ2n) is 6.77. The van der Waals surface area contributed by atoms with Gasteiger partial charge in [0.05, 0.1) is 11.3 Å². The number of aryl methyl sites for hydroxylation is 1. The van der Waals surface area contributed by atoms with Gasteiger partial charge < -0.3 is 9.42 Å². The van der Waals surface area contributed by atoms with E-state index in [2.05, 4.69) is 10.1 Å². The van der Waals surface area contributed by atoms with Gasteiger partial charge in [0.2, 0.25) is 0 Å². The second kappa shape index (κ2) is 7.06. The van der Waals surface area contributed by atoms with Crippen LogP contribution in [0.2, 0.25) is 0 Å². The summed E-state index contributed by atoms with van der Waals surface area (Å²) in [7, 11) is 0. The Labute approximate surface area is 154 Å². The van der Waals surface area contributed by atoms with Crippen molar-refractivity contribution in [3.05, 3.63) is 65.2 Å². The predicted octanol–water partition coefficient (Wildman–Crippen LogP) is 4.85. The Balaban J connectivity index is 1.58. The zero-order chi connectivity index (χ0) is 19.0. The number of benzene rings is 2. The van der Waals surface area contributed by atoms with Gasteiger partial charge in [-0.2, -0.15) is 4.98 Å². The lowest BCUT2D eigenvalue weighted by Gasteiger charge is -2.34. The van der Waals surface area contributed by atoms with Crippen molar-refractivity contribution in [3.63, 3.8) is 0 Å². The Kier molecular flexibility index (Phi) is 4.59. The quantitative estimate of drug-likeness (QED) is 0.658. The smallest absolute Gasteiger partial charge is 0.260 e. The molecule has 1 atom stereocenters. The van der Waals surface area contributed by atoms with Gasteiger partial charge in [0.15, 0.2) is 5.82 Å². The van der Waals surface area contributed by atoms with Crippen LogP contribution in [0.15, 0.2) is 40.9 Å². The van der Waals surface area contributed by atoms with Crippen LogP contribution in [0.25, 0.3) is 11.5 Å². The minimum atomic E-state index is -0.752. The molecule has 0 N–H and O–H groups in total. The molecule has 1 unspecified atom stereocenters. The van der Waals surface area contributed by atoms with Gasteiger partial charge in [-0.1, -0.05) is 17.3 Å². The van der Waals surface area contributed by atoms with E-state index in [4.69, 9.17) is 4.52 Å². The van der Waals surface area contributed by atoms with E-state index in [1.165, 1.54) is 12.1 Å². The summed E-state index contributed by atoms with van der Waals surface area (Å²) >= 11 is 0. The summed E-state index contributed by atoms with van der Waals surface area (Å²) in [6.45, 7) is 3.17. The number of piperidine rings is 1. The number of hydrogen-bond acceptors (Lipinski definition) is 4. The third-order valence-electron chi connectivity index (χ3n) is 4.89. The molecule has 1 aliphatic heterocycles. The zero-order valence-corrected chi connectivity index (χ0v) is 14.8. The van der Waals surface area contributed by atoms with Crippen molar-refractivity contribution >= 4 is 5.69 Å². The van der Waals surface area contributed by atoms with Gasteiger partial charge in [0.25, 0.3) is 5.89 Å². The van der Waals surface area contributed by atoms with Crippen molar-refractivity contribution in [2.75, 3.05) is 18.0 Å². The minimum Gasteiger partial charge on any atom is -0.368 e. The van der Waals surface area contributed by atoms with Crippen molar-refractivity contribution in [1.82, 2.24) is 10.1 Å². The molecule has 1 aromatic heterocycles. The molecule has 4 nitrogen and oxygen atoms in total. The van der Waals surface area contributed by atoms with Gasteiger partial charge in [0.1, 0.15) is 17.5 Å². The predicted molar refractivity (Wildman–Crippen MR) is 95.0 cm³/mol. The minimum absolute atomic E-state index is 0.0155.